The molecule has 6 atom stereocenters. The van der Waals surface area contributed by atoms with Crippen LogP contribution in [0.15, 0.2) is 35.5 Å². The van der Waals surface area contributed by atoms with Gasteiger partial charge in [0.15, 0.2) is 0 Å². The van der Waals surface area contributed by atoms with Crippen molar-refractivity contribution in [3.63, 3.8) is 0 Å². The summed E-state index contributed by atoms with van der Waals surface area (Å²) in [6.07, 6.45) is 14.0. The van der Waals surface area contributed by atoms with Gasteiger partial charge in [-0.3, -0.25) is 4.79 Å². The minimum atomic E-state index is -2.14. The monoisotopic (exact) mass is 831 g/mol. The Morgan fingerprint density at radius 2 is 1.40 bits per heavy atom. The highest BCUT2D eigenvalue weighted by Gasteiger charge is 2.52. The molecule has 3 saturated carbocycles. The van der Waals surface area contributed by atoms with Crippen molar-refractivity contribution < 1.29 is 28.3 Å². The Labute approximate surface area is 351 Å². The lowest BCUT2D eigenvalue weighted by atomic mass is 9.60. The number of nitrogens with two attached hydrogens (primary N) is 1. The van der Waals surface area contributed by atoms with Crippen LogP contribution < -0.4 is 5.73 Å². The molecular weight excluding hydrogens is 745 g/mol. The van der Waals surface area contributed by atoms with Gasteiger partial charge in [-0.05, 0) is 113 Å². The number of primary amides is 1. The molecule has 10 heteroatoms. The van der Waals surface area contributed by atoms with E-state index >= 15 is 0 Å². The van der Waals surface area contributed by atoms with Crippen molar-refractivity contribution in [2.75, 3.05) is 26.3 Å². The van der Waals surface area contributed by atoms with E-state index < -0.39 is 22.6 Å². The van der Waals surface area contributed by atoms with Crippen LogP contribution >= 0.6 is 0 Å². The topological polar surface area (TPSA) is 111 Å². The first-order chi connectivity index (χ1) is 26.6. The van der Waals surface area contributed by atoms with E-state index in [0.717, 1.165) is 19.3 Å². The number of nitrogens with zero attached hydrogens (tertiary/aromatic N) is 1. The fraction of sp³-hybridized carbons (Fsp3) is 0.830. The molecular formula is C47H86N2O6Si2. The third-order valence-corrected chi connectivity index (χ3v) is 27.5. The number of allylic oxidation sites excluding steroid dienone is 3. The Bertz CT molecular complexity index is 1360. The van der Waals surface area contributed by atoms with Gasteiger partial charge in [-0.1, -0.05) is 121 Å². The summed E-state index contributed by atoms with van der Waals surface area (Å²) in [5.74, 6) is 0.963. The van der Waals surface area contributed by atoms with E-state index in [1.807, 2.05) is 0 Å². The minimum Gasteiger partial charge on any atom is -0.481 e. The number of carbonyl (C=O) groups is 2. The summed E-state index contributed by atoms with van der Waals surface area (Å²) in [5.41, 5.74) is 12.6. The quantitative estimate of drug-likeness (QED) is 0.159. The summed E-state index contributed by atoms with van der Waals surface area (Å²) in [4.78, 5) is 23.4. The number of carboxylic acid groups (broad SMARTS) is 1. The number of fused-ring (bicyclic) bond motifs is 1. The first-order valence-corrected chi connectivity index (χ1v) is 27.1. The highest BCUT2D eigenvalue weighted by Crippen LogP contribution is 2.60. The van der Waals surface area contributed by atoms with Gasteiger partial charge in [-0.15, -0.1) is 0 Å². The molecule has 328 valence electrons. The number of urea groups is 1. The first-order valence-electron chi connectivity index (χ1n) is 22.8. The number of carboxylic acids is 1. The molecule has 0 spiro atoms. The highest BCUT2D eigenvalue weighted by atomic mass is 28.4. The van der Waals surface area contributed by atoms with Gasteiger partial charge in [0.05, 0.1) is 25.4 Å². The molecule has 4 fully saturated rings. The molecule has 4 aliphatic rings. The van der Waals surface area contributed by atoms with E-state index in [2.05, 4.69) is 109 Å². The van der Waals surface area contributed by atoms with Gasteiger partial charge in [0.1, 0.15) is 0 Å². The predicted molar refractivity (Wildman–Crippen MR) is 243 cm³/mol. The van der Waals surface area contributed by atoms with Crippen molar-refractivity contribution in [2.45, 2.75) is 200 Å². The molecule has 3 N–H and O–H groups in total. The lowest BCUT2D eigenvalue weighted by molar-refractivity contribution is -0.137. The zero-order chi connectivity index (χ0) is 43.0. The summed E-state index contributed by atoms with van der Waals surface area (Å²) in [6.45, 7) is 40.8. The average molecular weight is 831 g/mol. The average Bonchev–Trinajstić information content (AvgIpc) is 3.49. The molecule has 0 unspecified atom stereocenters. The molecule has 1 saturated heterocycles. The molecule has 8 nitrogen and oxygen atoms in total. The number of carbonyl (C=O) groups excluding carboxylic acids is 1. The predicted octanol–water partition coefficient (Wildman–Crippen LogP) is 12.4. The fourth-order valence-electron chi connectivity index (χ4n) is 12.5. The molecule has 4 rings (SSSR count). The number of amides is 2. The lowest BCUT2D eigenvalue weighted by Crippen LogP contribution is -2.54. The van der Waals surface area contributed by atoms with Crippen LogP contribution in [0, 0.1) is 23.2 Å². The van der Waals surface area contributed by atoms with Crippen molar-refractivity contribution in [2.24, 2.45) is 28.9 Å². The normalized spacial score (nSPS) is 28.2. The highest BCUT2D eigenvalue weighted by molar-refractivity contribution is 6.78. The van der Waals surface area contributed by atoms with E-state index in [0.29, 0.717) is 77.3 Å². The number of morpholine rings is 1. The van der Waals surface area contributed by atoms with Gasteiger partial charge in [0.2, 0.25) is 16.6 Å². The summed E-state index contributed by atoms with van der Waals surface area (Å²) in [6, 6.07) is -0.349. The fourth-order valence-corrected chi connectivity index (χ4v) is 23.7. The van der Waals surface area contributed by atoms with Crippen molar-refractivity contribution in [1.82, 2.24) is 4.90 Å². The Kier molecular flexibility index (Phi) is 18.4. The van der Waals surface area contributed by atoms with E-state index in [9.17, 15) is 14.7 Å². The van der Waals surface area contributed by atoms with Crippen molar-refractivity contribution in [3.05, 3.63) is 35.5 Å². The SMILES string of the molecule is C=C1/C(=C/C=C2CCC[C@]3(C)[C@@H]([C@H](C)CCC(=O)O)CC[C@@H]23)C[C@@H](O[Si](C(C)C)(C(C)C)C(C)C)C[C@@H]1O[Si](C(C)C)(C(C)C)C(C)C.NC(=O)N1CCOCC1. The second kappa shape index (κ2) is 21.2. The zero-order valence-corrected chi connectivity index (χ0v) is 40.9. The summed E-state index contributed by atoms with van der Waals surface area (Å²) >= 11 is 0. The number of hydrogen-bond donors (Lipinski definition) is 2. The van der Waals surface area contributed by atoms with Gasteiger partial charge < -0.3 is 29.3 Å². The van der Waals surface area contributed by atoms with E-state index in [-0.39, 0.29) is 30.1 Å². The molecule has 2 amide bonds. The Morgan fingerprint density at radius 1 is 0.877 bits per heavy atom. The molecule has 3 aliphatic carbocycles. The standard InChI is InChI=1S/C42H76O4Si2.C5H10N2O2/c1-27(2)47(28(3)4,29(5)6)45-37-25-36(34(14)40(26-37)46-48(30(7)8,31(9)10)32(11)12)20-19-35-17-16-24-42(15)38(21-22-39(35)42)33(13)18-23-41(43)44;6-5(8)7-1-3-9-4-2-7/h19-20,27-33,37-40H,14,16-18,21-26H2,1-13,15H3,(H,43,44);1-4H2,(H2,6,8)/b35-19?,36-20+;/t33-,37-,38-,39+,40+,42-;/m1./s1. The molecule has 0 bridgehead atoms. The molecule has 0 aromatic heterocycles. The van der Waals surface area contributed by atoms with E-state index in [1.165, 1.54) is 43.3 Å². The Hall–Kier alpha value is -1.73. The second-order valence-corrected chi connectivity index (χ2v) is 31.1. The molecule has 0 aromatic rings. The van der Waals surface area contributed by atoms with Crippen LogP contribution in [0.2, 0.25) is 33.2 Å². The van der Waals surface area contributed by atoms with Gasteiger partial charge in [0, 0.05) is 25.9 Å². The maximum atomic E-state index is 11.4. The summed E-state index contributed by atoms with van der Waals surface area (Å²) < 4.78 is 20.1. The first kappa shape index (κ1) is 49.6. The third-order valence-electron chi connectivity index (χ3n) is 15.2. The number of rotatable bonds is 15. The van der Waals surface area contributed by atoms with Crippen LogP contribution in [0.3, 0.4) is 0 Å². The van der Waals surface area contributed by atoms with E-state index in [1.54, 1.807) is 10.5 Å². The summed E-state index contributed by atoms with van der Waals surface area (Å²) in [5, 5.41) is 9.35. The molecule has 0 aromatic carbocycles. The van der Waals surface area contributed by atoms with Crippen molar-refractivity contribution in [3.8, 4) is 0 Å². The van der Waals surface area contributed by atoms with Crippen molar-refractivity contribution in [1.29, 1.82) is 0 Å². The molecule has 57 heavy (non-hydrogen) atoms. The largest absolute Gasteiger partial charge is 0.481 e. The number of ether oxygens (including phenoxy) is 1. The van der Waals surface area contributed by atoms with Crippen LogP contribution in [0.4, 0.5) is 4.79 Å². The third kappa shape index (κ3) is 11.4. The Balaban J connectivity index is 0.000000847. The summed E-state index contributed by atoms with van der Waals surface area (Å²) in [7, 11) is -4.23. The molecule has 1 heterocycles. The van der Waals surface area contributed by atoms with Gasteiger partial charge in [-0.25, -0.2) is 4.79 Å². The number of aliphatic carboxylic acids is 1. The van der Waals surface area contributed by atoms with Crippen LogP contribution in [-0.4, -0.2) is 77.2 Å². The van der Waals surface area contributed by atoms with Crippen LogP contribution in [0.1, 0.15) is 155 Å². The van der Waals surface area contributed by atoms with Crippen LogP contribution in [0.5, 0.6) is 0 Å². The lowest BCUT2D eigenvalue weighted by Gasteiger charge is -2.49. The van der Waals surface area contributed by atoms with E-state index in [4.69, 9.17) is 25.9 Å². The maximum absolute atomic E-state index is 11.4. The second-order valence-electron chi connectivity index (χ2n) is 20.3. The zero-order valence-electron chi connectivity index (χ0n) is 38.9. The van der Waals surface area contributed by atoms with Crippen LogP contribution in [0.25, 0.3) is 0 Å². The Morgan fingerprint density at radius 3 is 1.88 bits per heavy atom. The van der Waals surface area contributed by atoms with Crippen molar-refractivity contribution >= 4 is 28.6 Å². The molecule has 0 radical (unpaired) electrons. The van der Waals surface area contributed by atoms with Crippen LogP contribution in [-0.2, 0) is 18.4 Å². The minimum absolute atomic E-state index is 0.00646. The maximum Gasteiger partial charge on any atom is 0.314 e. The van der Waals surface area contributed by atoms with Gasteiger partial charge >= 0.3 is 12.0 Å². The molecule has 1 aliphatic heterocycles. The van der Waals surface area contributed by atoms with Gasteiger partial charge in [0.25, 0.3) is 0 Å². The number of hydrogen-bond acceptors (Lipinski definition) is 5. The van der Waals surface area contributed by atoms with Gasteiger partial charge in [-0.2, -0.15) is 0 Å². The smallest absolute Gasteiger partial charge is 0.314 e.